The molecule has 0 saturated heterocycles. The maximum atomic E-state index is 12.1. The molecule has 0 radical (unpaired) electrons. The molecular weight excluding hydrogens is 290 g/mol. The zero-order chi connectivity index (χ0) is 15.2. The molecule has 0 bridgehead atoms. The number of hydrogen-bond donors (Lipinski definition) is 0. The second kappa shape index (κ2) is 8.79. The van der Waals surface area contributed by atoms with Crippen LogP contribution in [-0.2, 0) is 10.3 Å². The first-order valence-corrected chi connectivity index (χ1v) is 8.07. The van der Waals surface area contributed by atoms with Crippen molar-refractivity contribution >= 4 is 16.1 Å². The maximum Gasteiger partial charge on any atom is 0.385 e. The second-order valence-corrected chi connectivity index (χ2v) is 6.06. The summed E-state index contributed by atoms with van der Waals surface area (Å²) in [7, 11) is -3.78. The van der Waals surface area contributed by atoms with E-state index in [1.165, 1.54) is 23.4 Å². The van der Waals surface area contributed by atoms with Crippen molar-refractivity contribution in [2.75, 3.05) is 13.1 Å². The summed E-state index contributed by atoms with van der Waals surface area (Å²) in [5.74, 6) is 0.144. The van der Waals surface area contributed by atoms with Gasteiger partial charge in [-0.15, -0.1) is 0 Å². The minimum Gasteiger partial charge on any atom is -0.371 e. The summed E-state index contributed by atoms with van der Waals surface area (Å²) in [5.41, 5.74) is 0.522. The molecule has 0 aliphatic heterocycles. The van der Waals surface area contributed by atoms with Gasteiger partial charge in [0.05, 0.1) is 0 Å². The molecule has 1 aromatic carbocycles. The lowest BCUT2D eigenvalue weighted by Crippen LogP contribution is -2.35. The van der Waals surface area contributed by atoms with Crippen LogP contribution in [0.1, 0.15) is 51.4 Å². The average Bonchev–Trinajstić information content (AvgIpc) is 2.38. The topological polar surface area (TPSA) is 63.7 Å². The summed E-state index contributed by atoms with van der Waals surface area (Å²) in [6.45, 7) is 6.15. The van der Waals surface area contributed by atoms with Crippen LogP contribution in [0, 0.1) is 0 Å². The molecule has 1 aromatic rings. The lowest BCUT2D eigenvalue weighted by Gasteiger charge is -2.20. The SMILES string of the molecule is C.CCCN(CCC)S(=O)(=O)Oc1ccc(C(C)=O)cc1. The predicted octanol–water partition coefficient (Wildman–Crippen LogP) is 3.27. The first kappa shape index (κ1) is 19.6. The molecular formula is C15H25NO4S. The third-order valence-electron chi connectivity index (χ3n) is 2.72. The van der Waals surface area contributed by atoms with Gasteiger partial charge in [0.25, 0.3) is 0 Å². The molecule has 0 atom stereocenters. The molecule has 120 valence electrons. The fourth-order valence-electron chi connectivity index (χ4n) is 1.75. The fraction of sp³-hybridized carbons (Fsp3) is 0.533. The van der Waals surface area contributed by atoms with Crippen molar-refractivity contribution in [1.29, 1.82) is 0 Å². The van der Waals surface area contributed by atoms with Crippen LogP contribution >= 0.6 is 0 Å². The zero-order valence-corrected chi connectivity index (χ0v) is 12.9. The number of Topliss-reactive ketones (excluding diaryl/α,β-unsaturated/α-hetero) is 1. The highest BCUT2D eigenvalue weighted by Gasteiger charge is 2.22. The van der Waals surface area contributed by atoms with Gasteiger partial charge < -0.3 is 4.18 Å². The minimum absolute atomic E-state index is 0. The smallest absolute Gasteiger partial charge is 0.371 e. The summed E-state index contributed by atoms with van der Waals surface area (Å²) in [5, 5.41) is 0. The molecule has 0 aliphatic rings. The van der Waals surface area contributed by atoms with Gasteiger partial charge in [0.1, 0.15) is 5.75 Å². The van der Waals surface area contributed by atoms with Gasteiger partial charge in [0.2, 0.25) is 0 Å². The highest BCUT2D eigenvalue weighted by atomic mass is 32.2. The molecule has 0 heterocycles. The molecule has 0 aromatic heterocycles. The van der Waals surface area contributed by atoms with Crippen LogP contribution in [0.15, 0.2) is 24.3 Å². The van der Waals surface area contributed by atoms with Crippen molar-refractivity contribution in [2.45, 2.75) is 41.0 Å². The van der Waals surface area contributed by atoms with E-state index in [0.29, 0.717) is 18.7 Å². The van der Waals surface area contributed by atoms with Crippen molar-refractivity contribution < 1.29 is 17.4 Å². The number of rotatable bonds is 8. The molecule has 0 N–H and O–H groups in total. The number of benzene rings is 1. The summed E-state index contributed by atoms with van der Waals surface area (Å²) in [4.78, 5) is 11.2. The van der Waals surface area contributed by atoms with Gasteiger partial charge in [0.15, 0.2) is 5.78 Å². The van der Waals surface area contributed by atoms with Gasteiger partial charge in [-0.05, 0) is 44.0 Å². The van der Waals surface area contributed by atoms with Crippen molar-refractivity contribution in [3.8, 4) is 5.75 Å². The summed E-state index contributed by atoms with van der Waals surface area (Å²) >= 11 is 0. The maximum absolute atomic E-state index is 12.1. The van der Waals surface area contributed by atoms with Gasteiger partial charge in [-0.3, -0.25) is 4.79 Å². The van der Waals surface area contributed by atoms with E-state index in [2.05, 4.69) is 0 Å². The van der Waals surface area contributed by atoms with Gasteiger partial charge >= 0.3 is 10.3 Å². The van der Waals surface area contributed by atoms with E-state index >= 15 is 0 Å². The quantitative estimate of drug-likeness (QED) is 0.691. The number of carbonyl (C=O) groups excluding carboxylic acids is 1. The van der Waals surface area contributed by atoms with E-state index in [4.69, 9.17) is 4.18 Å². The number of nitrogens with zero attached hydrogens (tertiary/aromatic N) is 1. The highest BCUT2D eigenvalue weighted by Crippen LogP contribution is 2.17. The van der Waals surface area contributed by atoms with Gasteiger partial charge in [-0.25, -0.2) is 0 Å². The Bertz CT molecular complexity index is 531. The molecule has 5 nitrogen and oxygen atoms in total. The van der Waals surface area contributed by atoms with Crippen molar-refractivity contribution in [1.82, 2.24) is 4.31 Å². The Hall–Kier alpha value is -1.40. The molecule has 0 spiro atoms. The molecule has 0 fully saturated rings. The number of carbonyl (C=O) groups is 1. The molecule has 0 unspecified atom stereocenters. The van der Waals surface area contributed by atoms with Crippen LogP contribution in [0.3, 0.4) is 0 Å². The Morgan fingerprint density at radius 2 is 1.57 bits per heavy atom. The third-order valence-corrected chi connectivity index (χ3v) is 4.13. The normalized spacial score (nSPS) is 11.0. The minimum atomic E-state index is -3.78. The van der Waals surface area contributed by atoms with E-state index in [-0.39, 0.29) is 19.0 Å². The Morgan fingerprint density at radius 3 is 1.95 bits per heavy atom. The Morgan fingerprint density at radius 1 is 1.10 bits per heavy atom. The first-order valence-electron chi connectivity index (χ1n) is 6.71. The largest absolute Gasteiger partial charge is 0.385 e. The summed E-state index contributed by atoms with van der Waals surface area (Å²) < 4.78 is 30.7. The van der Waals surface area contributed by atoms with E-state index in [0.717, 1.165) is 12.8 Å². The van der Waals surface area contributed by atoms with Crippen LogP contribution in [0.25, 0.3) is 0 Å². The monoisotopic (exact) mass is 315 g/mol. The van der Waals surface area contributed by atoms with Crippen LogP contribution in [0.2, 0.25) is 0 Å². The standard InChI is InChI=1S/C14H21NO4S.CH4/c1-4-10-15(11-5-2)20(17,18)19-14-8-6-13(7-9-14)12(3)16;/h6-9H,4-5,10-11H2,1-3H3;1H4. The lowest BCUT2D eigenvalue weighted by atomic mass is 10.1. The molecule has 6 heteroatoms. The Balaban J connectivity index is 0.00000400. The average molecular weight is 315 g/mol. The number of ketones is 1. The summed E-state index contributed by atoms with van der Waals surface area (Å²) in [6, 6.07) is 6.09. The van der Waals surface area contributed by atoms with E-state index in [9.17, 15) is 13.2 Å². The van der Waals surface area contributed by atoms with Crippen LogP contribution in [0.4, 0.5) is 0 Å². The molecule has 21 heavy (non-hydrogen) atoms. The zero-order valence-electron chi connectivity index (χ0n) is 12.1. The van der Waals surface area contributed by atoms with E-state index in [1.807, 2.05) is 13.8 Å². The van der Waals surface area contributed by atoms with Gasteiger partial charge in [-0.1, -0.05) is 21.3 Å². The van der Waals surface area contributed by atoms with E-state index < -0.39 is 10.3 Å². The van der Waals surface area contributed by atoms with E-state index in [1.54, 1.807) is 12.1 Å². The van der Waals surface area contributed by atoms with Crippen LogP contribution in [-0.4, -0.2) is 31.6 Å². The molecule has 0 saturated carbocycles. The fourth-order valence-corrected chi connectivity index (χ4v) is 3.03. The molecule has 0 aliphatic carbocycles. The van der Waals surface area contributed by atoms with Crippen LogP contribution < -0.4 is 4.18 Å². The van der Waals surface area contributed by atoms with Crippen LogP contribution in [0.5, 0.6) is 5.75 Å². The lowest BCUT2D eigenvalue weighted by molar-refractivity contribution is 0.101. The van der Waals surface area contributed by atoms with Crippen molar-refractivity contribution in [2.24, 2.45) is 0 Å². The molecule has 0 amide bonds. The summed E-state index contributed by atoms with van der Waals surface area (Å²) in [6.07, 6.45) is 1.46. The van der Waals surface area contributed by atoms with Gasteiger partial charge in [-0.2, -0.15) is 12.7 Å². The second-order valence-electron chi connectivity index (χ2n) is 4.52. The highest BCUT2D eigenvalue weighted by molar-refractivity contribution is 7.84. The molecule has 1 rings (SSSR count). The van der Waals surface area contributed by atoms with Gasteiger partial charge in [0, 0.05) is 18.7 Å². The Labute approximate surface area is 128 Å². The predicted molar refractivity (Wildman–Crippen MR) is 84.9 cm³/mol. The third kappa shape index (κ3) is 5.85. The first-order chi connectivity index (χ1) is 9.40. The van der Waals surface area contributed by atoms with Crippen molar-refractivity contribution in [3.05, 3.63) is 29.8 Å². The number of hydrogen-bond acceptors (Lipinski definition) is 4. The van der Waals surface area contributed by atoms with Crippen molar-refractivity contribution in [3.63, 3.8) is 0 Å². The Kier molecular flexibility index (Phi) is 8.21.